The lowest BCUT2D eigenvalue weighted by Gasteiger charge is -2.30. The molecule has 0 amide bonds. The zero-order valence-corrected chi connectivity index (χ0v) is 11.9. The van der Waals surface area contributed by atoms with Crippen molar-refractivity contribution in [3.05, 3.63) is 34.2 Å². The number of halogens is 1. The summed E-state index contributed by atoms with van der Waals surface area (Å²) in [5, 5.41) is 7.60. The van der Waals surface area contributed by atoms with E-state index < -0.39 is 0 Å². The highest BCUT2D eigenvalue weighted by molar-refractivity contribution is 6.32. The summed E-state index contributed by atoms with van der Waals surface area (Å²) in [7, 11) is 2.09. The molecule has 1 atom stereocenters. The predicted molar refractivity (Wildman–Crippen MR) is 77.8 cm³/mol. The number of nitrogens with one attached hydrogen (secondary N) is 1. The minimum Gasteiger partial charge on any atom is -0.378 e. The van der Waals surface area contributed by atoms with Crippen molar-refractivity contribution in [3.63, 3.8) is 0 Å². The molecular weight excluding hydrogens is 264 g/mol. The van der Waals surface area contributed by atoms with Gasteiger partial charge in [0, 0.05) is 12.6 Å². The zero-order valence-electron chi connectivity index (χ0n) is 11.1. The van der Waals surface area contributed by atoms with Crippen LogP contribution in [0.15, 0.2) is 23.6 Å². The number of aromatic nitrogens is 2. The Morgan fingerprint density at radius 3 is 3.16 bits per heavy atom. The van der Waals surface area contributed by atoms with Crippen LogP contribution in [-0.2, 0) is 6.54 Å². The van der Waals surface area contributed by atoms with Crippen molar-refractivity contribution in [2.75, 3.05) is 25.5 Å². The van der Waals surface area contributed by atoms with E-state index in [9.17, 15) is 4.79 Å². The molecule has 5 nitrogen and oxygen atoms in total. The maximum absolute atomic E-state index is 12.0. The molecule has 0 aromatic carbocycles. The summed E-state index contributed by atoms with van der Waals surface area (Å²) < 4.78 is 1.30. The van der Waals surface area contributed by atoms with Crippen LogP contribution in [0.1, 0.15) is 12.8 Å². The summed E-state index contributed by atoms with van der Waals surface area (Å²) in [6.45, 7) is 6.02. The molecule has 2 rings (SSSR count). The van der Waals surface area contributed by atoms with Gasteiger partial charge in [-0.1, -0.05) is 17.7 Å². The van der Waals surface area contributed by atoms with Crippen molar-refractivity contribution in [2.24, 2.45) is 0 Å². The van der Waals surface area contributed by atoms with Crippen LogP contribution >= 0.6 is 11.6 Å². The van der Waals surface area contributed by atoms with E-state index in [1.54, 1.807) is 12.3 Å². The molecule has 1 aliphatic rings. The molecule has 0 saturated carbocycles. The first-order valence-electron chi connectivity index (χ1n) is 6.43. The number of anilines is 1. The van der Waals surface area contributed by atoms with E-state index >= 15 is 0 Å². The lowest BCUT2D eigenvalue weighted by molar-refractivity contribution is 0.261. The van der Waals surface area contributed by atoms with Gasteiger partial charge in [0.2, 0.25) is 0 Å². The molecule has 1 aromatic rings. The SMILES string of the molecule is C=CCn1ncc(NC2CCCN(C)C2)c(Cl)c1=O. The highest BCUT2D eigenvalue weighted by Crippen LogP contribution is 2.19. The van der Waals surface area contributed by atoms with Crippen LogP contribution in [0.3, 0.4) is 0 Å². The number of likely N-dealkylation sites (tertiary alicyclic amines) is 1. The summed E-state index contributed by atoms with van der Waals surface area (Å²) in [5.41, 5.74) is 0.336. The molecule has 1 unspecified atom stereocenters. The lowest BCUT2D eigenvalue weighted by Crippen LogP contribution is -2.40. The molecule has 104 valence electrons. The van der Waals surface area contributed by atoms with Gasteiger partial charge in [-0.25, -0.2) is 4.68 Å². The van der Waals surface area contributed by atoms with Crippen molar-refractivity contribution < 1.29 is 0 Å². The Hall–Kier alpha value is -1.33. The number of allylic oxidation sites excluding steroid dienone is 1. The molecule has 1 fully saturated rings. The summed E-state index contributed by atoms with van der Waals surface area (Å²) in [6, 6.07) is 0.313. The second-order valence-corrected chi connectivity index (χ2v) is 5.27. The lowest BCUT2D eigenvalue weighted by atomic mass is 10.1. The number of nitrogens with zero attached hydrogens (tertiary/aromatic N) is 3. The van der Waals surface area contributed by atoms with Crippen LogP contribution in [0.4, 0.5) is 5.69 Å². The maximum Gasteiger partial charge on any atom is 0.287 e. The standard InChI is InChI=1S/C13H19ClN4O/c1-3-6-18-13(19)12(14)11(8-15-18)16-10-5-4-7-17(2)9-10/h3,8,10,16H,1,4-7,9H2,2H3. The molecule has 0 spiro atoms. The second kappa shape index (κ2) is 6.21. The molecule has 0 radical (unpaired) electrons. The predicted octanol–water partition coefficient (Wildman–Crippen LogP) is 1.59. The summed E-state index contributed by atoms with van der Waals surface area (Å²) in [6.07, 6.45) is 5.46. The van der Waals surface area contributed by atoms with Gasteiger partial charge in [0.1, 0.15) is 5.02 Å². The molecule has 0 bridgehead atoms. The van der Waals surface area contributed by atoms with Crippen LogP contribution < -0.4 is 10.9 Å². The van der Waals surface area contributed by atoms with Crippen LogP contribution in [0.2, 0.25) is 5.02 Å². The maximum atomic E-state index is 12.0. The third-order valence-corrected chi connectivity index (χ3v) is 3.64. The quantitative estimate of drug-likeness (QED) is 0.852. The van der Waals surface area contributed by atoms with Gasteiger partial charge < -0.3 is 10.2 Å². The van der Waals surface area contributed by atoms with Gasteiger partial charge in [-0.3, -0.25) is 4.79 Å². The number of rotatable bonds is 4. The van der Waals surface area contributed by atoms with Crippen LogP contribution in [0, 0.1) is 0 Å². The number of likely N-dealkylation sites (N-methyl/N-ethyl adjacent to an activating group) is 1. The van der Waals surface area contributed by atoms with E-state index in [-0.39, 0.29) is 10.6 Å². The molecule has 1 saturated heterocycles. The normalized spacial score (nSPS) is 20.2. The topological polar surface area (TPSA) is 50.2 Å². The van der Waals surface area contributed by atoms with Crippen LogP contribution in [-0.4, -0.2) is 40.9 Å². The van der Waals surface area contributed by atoms with Gasteiger partial charge in [0.25, 0.3) is 5.56 Å². The first-order valence-corrected chi connectivity index (χ1v) is 6.81. The van der Waals surface area contributed by atoms with Crippen molar-refractivity contribution >= 4 is 17.3 Å². The number of hydrogen-bond acceptors (Lipinski definition) is 4. The fraction of sp³-hybridized carbons (Fsp3) is 0.538. The van der Waals surface area contributed by atoms with E-state index in [0.29, 0.717) is 18.3 Å². The second-order valence-electron chi connectivity index (χ2n) is 4.89. The molecule has 0 aliphatic carbocycles. The van der Waals surface area contributed by atoms with Gasteiger partial charge in [-0.05, 0) is 26.4 Å². The number of hydrogen-bond donors (Lipinski definition) is 1. The smallest absolute Gasteiger partial charge is 0.287 e. The zero-order chi connectivity index (χ0) is 13.8. The molecule has 1 N–H and O–H groups in total. The molecule has 1 aromatic heterocycles. The summed E-state index contributed by atoms with van der Waals surface area (Å²) in [4.78, 5) is 14.2. The van der Waals surface area contributed by atoms with E-state index in [1.165, 1.54) is 4.68 Å². The average Bonchev–Trinajstić information content (AvgIpc) is 2.39. The Morgan fingerprint density at radius 2 is 2.47 bits per heavy atom. The summed E-state index contributed by atoms with van der Waals surface area (Å²) in [5.74, 6) is 0. The average molecular weight is 283 g/mol. The highest BCUT2D eigenvalue weighted by atomic mass is 35.5. The fourth-order valence-corrected chi connectivity index (χ4v) is 2.52. The van der Waals surface area contributed by atoms with E-state index in [2.05, 4.69) is 28.9 Å². The molecule has 1 aliphatic heterocycles. The largest absolute Gasteiger partial charge is 0.378 e. The minimum atomic E-state index is -0.282. The Morgan fingerprint density at radius 1 is 1.68 bits per heavy atom. The van der Waals surface area contributed by atoms with Crippen molar-refractivity contribution in [3.8, 4) is 0 Å². The van der Waals surface area contributed by atoms with Crippen molar-refractivity contribution in [1.29, 1.82) is 0 Å². The van der Waals surface area contributed by atoms with Gasteiger partial charge in [-0.2, -0.15) is 5.10 Å². The molecule has 6 heteroatoms. The van der Waals surface area contributed by atoms with E-state index in [0.717, 1.165) is 25.9 Å². The van der Waals surface area contributed by atoms with Gasteiger partial charge in [0.05, 0.1) is 18.4 Å². The van der Waals surface area contributed by atoms with E-state index in [4.69, 9.17) is 11.6 Å². The Balaban J connectivity index is 2.14. The number of piperidine rings is 1. The van der Waals surface area contributed by atoms with Crippen molar-refractivity contribution in [1.82, 2.24) is 14.7 Å². The van der Waals surface area contributed by atoms with Crippen molar-refractivity contribution in [2.45, 2.75) is 25.4 Å². The minimum absolute atomic E-state index is 0.199. The Labute approximate surface area is 117 Å². The van der Waals surface area contributed by atoms with Crippen LogP contribution in [0.25, 0.3) is 0 Å². The van der Waals surface area contributed by atoms with Gasteiger partial charge in [-0.15, -0.1) is 6.58 Å². The molecule has 19 heavy (non-hydrogen) atoms. The molecular formula is C13H19ClN4O. The summed E-state index contributed by atoms with van der Waals surface area (Å²) >= 11 is 6.11. The Bertz CT molecular complexity index is 514. The Kier molecular flexibility index (Phi) is 4.61. The monoisotopic (exact) mass is 282 g/mol. The van der Waals surface area contributed by atoms with Gasteiger partial charge in [0.15, 0.2) is 0 Å². The van der Waals surface area contributed by atoms with Crippen LogP contribution in [0.5, 0.6) is 0 Å². The first-order chi connectivity index (χ1) is 9.11. The van der Waals surface area contributed by atoms with Gasteiger partial charge >= 0.3 is 0 Å². The first kappa shape index (κ1) is 14.1. The fourth-order valence-electron chi connectivity index (χ4n) is 2.32. The van der Waals surface area contributed by atoms with E-state index in [1.807, 2.05) is 0 Å². The molecule has 2 heterocycles. The third-order valence-electron chi connectivity index (χ3n) is 3.27. The highest BCUT2D eigenvalue weighted by Gasteiger charge is 2.18. The third kappa shape index (κ3) is 3.36.